The van der Waals surface area contributed by atoms with Gasteiger partial charge in [0.15, 0.2) is 0 Å². The summed E-state index contributed by atoms with van der Waals surface area (Å²) in [4.78, 5) is 14.7. The number of ether oxygens (including phenoxy) is 1. The zero-order valence-electron chi connectivity index (χ0n) is 15.4. The van der Waals surface area contributed by atoms with Crippen LogP contribution in [0.1, 0.15) is 28.9 Å². The second kappa shape index (κ2) is 7.83. The van der Waals surface area contributed by atoms with Crippen LogP contribution in [-0.4, -0.2) is 46.4 Å². The van der Waals surface area contributed by atoms with Crippen molar-refractivity contribution in [3.8, 4) is 0 Å². The number of rotatable bonds is 5. The number of carbonyl (C=O) groups excluding carboxylic acids is 1. The molecule has 5 nitrogen and oxygen atoms in total. The van der Waals surface area contributed by atoms with Crippen molar-refractivity contribution >= 4 is 5.91 Å². The summed E-state index contributed by atoms with van der Waals surface area (Å²) >= 11 is 0. The minimum absolute atomic E-state index is 0.119. The fourth-order valence-corrected chi connectivity index (χ4v) is 3.43. The lowest BCUT2D eigenvalue weighted by molar-refractivity contribution is -0.138. The largest absolute Gasteiger partial charge is 0.375 e. The summed E-state index contributed by atoms with van der Waals surface area (Å²) in [5.74, 6) is 0.173. The Labute approximate surface area is 149 Å². The summed E-state index contributed by atoms with van der Waals surface area (Å²) in [6, 6.07) is 10.4. The third-order valence-corrected chi connectivity index (χ3v) is 5.08. The molecule has 1 amide bonds. The highest BCUT2D eigenvalue weighted by Crippen LogP contribution is 2.17. The molecule has 0 unspecified atom stereocenters. The first-order valence-electron chi connectivity index (χ1n) is 8.97. The van der Waals surface area contributed by atoms with Crippen LogP contribution in [0, 0.1) is 13.8 Å². The maximum Gasteiger partial charge on any atom is 0.227 e. The highest BCUT2D eigenvalue weighted by molar-refractivity contribution is 5.79. The van der Waals surface area contributed by atoms with Crippen LogP contribution in [0.2, 0.25) is 0 Å². The van der Waals surface area contributed by atoms with E-state index in [1.54, 1.807) is 0 Å². The van der Waals surface area contributed by atoms with Crippen molar-refractivity contribution < 1.29 is 9.53 Å². The zero-order valence-corrected chi connectivity index (χ0v) is 15.4. The first kappa shape index (κ1) is 17.7. The second-order valence-electron chi connectivity index (χ2n) is 6.81. The van der Waals surface area contributed by atoms with Crippen molar-refractivity contribution in [1.29, 1.82) is 0 Å². The molecule has 3 rings (SSSR count). The molecule has 0 radical (unpaired) electrons. The Morgan fingerprint density at radius 1 is 1.28 bits per heavy atom. The minimum Gasteiger partial charge on any atom is -0.375 e. The molecule has 2 aromatic rings. The van der Waals surface area contributed by atoms with E-state index in [-0.39, 0.29) is 12.0 Å². The number of morpholine rings is 1. The van der Waals surface area contributed by atoms with Crippen LogP contribution in [-0.2, 0) is 29.4 Å². The monoisotopic (exact) mass is 341 g/mol. The summed E-state index contributed by atoms with van der Waals surface area (Å²) in [5.41, 5.74) is 4.39. The van der Waals surface area contributed by atoms with E-state index >= 15 is 0 Å². The molecule has 0 spiro atoms. The van der Waals surface area contributed by atoms with Gasteiger partial charge in [-0.05, 0) is 32.3 Å². The van der Waals surface area contributed by atoms with Crippen molar-refractivity contribution in [2.45, 2.75) is 39.2 Å². The maximum absolute atomic E-state index is 12.7. The van der Waals surface area contributed by atoms with Crippen LogP contribution in [0.4, 0.5) is 0 Å². The third kappa shape index (κ3) is 4.28. The van der Waals surface area contributed by atoms with Gasteiger partial charge in [-0.2, -0.15) is 5.10 Å². The van der Waals surface area contributed by atoms with Crippen molar-refractivity contribution in [2.75, 3.05) is 19.7 Å². The number of carbonyl (C=O) groups is 1. The molecule has 134 valence electrons. The van der Waals surface area contributed by atoms with E-state index in [1.165, 1.54) is 5.56 Å². The number of hydrogen-bond donors (Lipinski definition) is 0. The van der Waals surface area contributed by atoms with Gasteiger partial charge in [0.1, 0.15) is 0 Å². The molecule has 0 aliphatic carbocycles. The zero-order chi connectivity index (χ0) is 17.8. The third-order valence-electron chi connectivity index (χ3n) is 5.08. The normalized spacial score (nSPS) is 17.7. The summed E-state index contributed by atoms with van der Waals surface area (Å²) < 4.78 is 7.72. The Hall–Kier alpha value is -2.14. The maximum atomic E-state index is 12.7. The number of benzene rings is 1. The number of hydrogen-bond acceptors (Lipinski definition) is 3. The lowest BCUT2D eigenvalue weighted by atomic mass is 10.0. The molecule has 0 saturated carbocycles. The number of nitrogens with zero attached hydrogens (tertiary/aromatic N) is 3. The first-order valence-corrected chi connectivity index (χ1v) is 8.97. The van der Waals surface area contributed by atoms with Gasteiger partial charge in [-0.15, -0.1) is 0 Å². The van der Waals surface area contributed by atoms with Gasteiger partial charge in [0.25, 0.3) is 0 Å². The fraction of sp³-hybridized carbons (Fsp3) is 0.500. The van der Waals surface area contributed by atoms with Gasteiger partial charge in [0, 0.05) is 31.4 Å². The Kier molecular flexibility index (Phi) is 5.53. The Morgan fingerprint density at radius 3 is 2.72 bits per heavy atom. The first-order chi connectivity index (χ1) is 12.0. The van der Waals surface area contributed by atoms with E-state index in [1.807, 2.05) is 36.5 Å². The molecule has 0 N–H and O–H groups in total. The summed E-state index contributed by atoms with van der Waals surface area (Å²) in [5, 5.41) is 4.41. The Balaban J connectivity index is 1.56. The smallest absolute Gasteiger partial charge is 0.227 e. The predicted molar refractivity (Wildman–Crippen MR) is 97.5 cm³/mol. The van der Waals surface area contributed by atoms with Crippen LogP contribution in [0.5, 0.6) is 0 Å². The molecule has 5 heteroatoms. The average molecular weight is 341 g/mol. The second-order valence-corrected chi connectivity index (χ2v) is 6.81. The van der Waals surface area contributed by atoms with E-state index in [2.05, 4.69) is 29.4 Å². The van der Waals surface area contributed by atoms with Gasteiger partial charge in [-0.1, -0.05) is 30.3 Å². The lowest BCUT2D eigenvalue weighted by Gasteiger charge is -2.33. The lowest BCUT2D eigenvalue weighted by Crippen LogP contribution is -2.46. The highest BCUT2D eigenvalue weighted by Gasteiger charge is 2.25. The molecule has 0 bridgehead atoms. The average Bonchev–Trinajstić information content (AvgIpc) is 2.87. The van der Waals surface area contributed by atoms with Crippen molar-refractivity contribution in [1.82, 2.24) is 14.7 Å². The van der Waals surface area contributed by atoms with E-state index in [9.17, 15) is 4.79 Å². The topological polar surface area (TPSA) is 47.4 Å². The molecule has 1 fully saturated rings. The quantitative estimate of drug-likeness (QED) is 0.839. The minimum atomic E-state index is 0.119. The summed E-state index contributed by atoms with van der Waals surface area (Å²) in [7, 11) is 1.92. The predicted octanol–water partition coefficient (Wildman–Crippen LogP) is 2.44. The van der Waals surface area contributed by atoms with E-state index in [4.69, 9.17) is 4.74 Å². The Bertz CT molecular complexity index is 724. The van der Waals surface area contributed by atoms with Crippen LogP contribution in [0.3, 0.4) is 0 Å². The summed E-state index contributed by atoms with van der Waals surface area (Å²) in [6.07, 6.45) is 2.47. The molecule has 2 heterocycles. The molecular formula is C20H27N3O2. The van der Waals surface area contributed by atoms with Gasteiger partial charge < -0.3 is 9.64 Å². The van der Waals surface area contributed by atoms with Gasteiger partial charge in [-0.25, -0.2) is 0 Å². The molecule has 1 aliphatic heterocycles. The summed E-state index contributed by atoms with van der Waals surface area (Å²) in [6.45, 7) is 5.97. The molecule has 1 aromatic heterocycles. The van der Waals surface area contributed by atoms with Crippen molar-refractivity contribution in [2.24, 2.45) is 7.05 Å². The molecule has 1 aromatic carbocycles. The highest BCUT2D eigenvalue weighted by atomic mass is 16.5. The standard InChI is InChI=1S/C20H27N3O2/c1-15-19(16(2)22(3)21-15)13-20(24)23-11-12-25-18(14-23)10-9-17-7-5-4-6-8-17/h4-8,18H,9-14H2,1-3H3/t18-/m0/s1. The van der Waals surface area contributed by atoms with Gasteiger partial charge in [0.2, 0.25) is 5.91 Å². The number of aromatic nitrogens is 2. The fourth-order valence-electron chi connectivity index (χ4n) is 3.43. The van der Waals surface area contributed by atoms with E-state index in [0.29, 0.717) is 26.1 Å². The molecule has 1 saturated heterocycles. The van der Waals surface area contributed by atoms with E-state index < -0.39 is 0 Å². The van der Waals surface area contributed by atoms with Crippen molar-refractivity contribution in [3.63, 3.8) is 0 Å². The van der Waals surface area contributed by atoms with Gasteiger partial charge in [-0.3, -0.25) is 9.48 Å². The van der Waals surface area contributed by atoms with Crippen LogP contribution >= 0.6 is 0 Å². The molecular weight excluding hydrogens is 314 g/mol. The van der Waals surface area contributed by atoms with Gasteiger partial charge >= 0.3 is 0 Å². The molecule has 25 heavy (non-hydrogen) atoms. The Morgan fingerprint density at radius 2 is 2.04 bits per heavy atom. The molecule has 1 aliphatic rings. The number of amides is 1. The molecule has 1 atom stereocenters. The van der Waals surface area contributed by atoms with E-state index in [0.717, 1.165) is 29.8 Å². The van der Waals surface area contributed by atoms with Gasteiger partial charge in [0.05, 0.1) is 24.8 Å². The van der Waals surface area contributed by atoms with Crippen LogP contribution < -0.4 is 0 Å². The number of aryl methyl sites for hydroxylation is 3. The SMILES string of the molecule is Cc1nn(C)c(C)c1CC(=O)N1CCO[C@@H](CCc2ccccc2)C1. The van der Waals surface area contributed by atoms with Crippen molar-refractivity contribution in [3.05, 3.63) is 52.8 Å². The van der Waals surface area contributed by atoms with Crippen LogP contribution in [0.25, 0.3) is 0 Å². The van der Waals surface area contributed by atoms with Crippen LogP contribution in [0.15, 0.2) is 30.3 Å².